The summed E-state index contributed by atoms with van der Waals surface area (Å²) in [6.45, 7) is 5.93. The molecule has 2 aromatic heterocycles. The Morgan fingerprint density at radius 2 is 2.24 bits per heavy atom. The lowest BCUT2D eigenvalue weighted by Crippen LogP contribution is -2.45. The van der Waals surface area contributed by atoms with Crippen molar-refractivity contribution in [3.8, 4) is 0 Å². The highest BCUT2D eigenvalue weighted by Gasteiger charge is 2.27. The normalized spacial score (nSPS) is 15.7. The number of nitrogens with one attached hydrogen (secondary N) is 1. The maximum absolute atomic E-state index is 12.2. The first kappa shape index (κ1) is 15.4. The molecule has 2 unspecified atom stereocenters. The van der Waals surface area contributed by atoms with Gasteiger partial charge < -0.3 is 15.0 Å². The van der Waals surface area contributed by atoms with Crippen molar-refractivity contribution in [1.29, 1.82) is 0 Å². The van der Waals surface area contributed by atoms with Crippen LogP contribution in [0.25, 0.3) is 11.2 Å². The van der Waals surface area contributed by atoms with Gasteiger partial charge in [-0.25, -0.2) is 9.97 Å². The first-order chi connectivity index (χ1) is 9.85. The summed E-state index contributed by atoms with van der Waals surface area (Å²) in [5.41, 5.74) is 0.936. The molecule has 0 aliphatic carbocycles. The molecule has 21 heavy (non-hydrogen) atoms. The maximum Gasteiger partial charge on any atom is 0.253 e. The monoisotopic (exact) mass is 290 g/mol. The van der Waals surface area contributed by atoms with Crippen molar-refractivity contribution >= 4 is 17.1 Å². The summed E-state index contributed by atoms with van der Waals surface area (Å²) in [6.07, 6.45) is 4.04. The summed E-state index contributed by atoms with van der Waals surface area (Å²) in [6, 6.07) is 1.70. The number of aliphatic hydroxyl groups is 1. The van der Waals surface area contributed by atoms with Gasteiger partial charge in [-0.05, 0) is 18.9 Å². The van der Waals surface area contributed by atoms with Gasteiger partial charge in [0.1, 0.15) is 5.52 Å². The molecule has 1 amide bonds. The van der Waals surface area contributed by atoms with Gasteiger partial charge >= 0.3 is 0 Å². The summed E-state index contributed by atoms with van der Waals surface area (Å²) in [4.78, 5) is 20.6. The number of carbonyl (C=O) groups excluding carboxylic acids is 1. The molecule has 0 aromatic carbocycles. The Balaban J connectivity index is 2.08. The minimum absolute atomic E-state index is 0.106. The first-order valence-electron chi connectivity index (χ1n) is 7.12. The van der Waals surface area contributed by atoms with Crippen molar-refractivity contribution in [1.82, 2.24) is 19.9 Å². The van der Waals surface area contributed by atoms with Crippen LogP contribution < -0.4 is 5.32 Å². The summed E-state index contributed by atoms with van der Waals surface area (Å²) < 4.78 is 1.80. The van der Waals surface area contributed by atoms with Crippen LogP contribution >= 0.6 is 0 Å². The number of hydrogen-bond donors (Lipinski definition) is 2. The largest absolute Gasteiger partial charge is 0.388 e. The smallest absolute Gasteiger partial charge is 0.253 e. The van der Waals surface area contributed by atoms with Crippen LogP contribution in [-0.4, -0.2) is 37.7 Å². The molecule has 114 valence electrons. The van der Waals surface area contributed by atoms with Crippen molar-refractivity contribution in [3.63, 3.8) is 0 Å². The van der Waals surface area contributed by atoms with Crippen LogP contribution in [0.5, 0.6) is 0 Å². The van der Waals surface area contributed by atoms with E-state index in [0.717, 1.165) is 12.1 Å². The van der Waals surface area contributed by atoms with E-state index in [0.29, 0.717) is 11.1 Å². The Morgan fingerprint density at radius 1 is 1.52 bits per heavy atom. The Morgan fingerprint density at radius 3 is 2.90 bits per heavy atom. The Hall–Kier alpha value is -1.95. The van der Waals surface area contributed by atoms with Gasteiger partial charge in [0.25, 0.3) is 5.91 Å². The zero-order chi connectivity index (χ0) is 15.6. The number of hydrogen-bond acceptors (Lipinski definition) is 4. The van der Waals surface area contributed by atoms with E-state index in [4.69, 9.17) is 0 Å². The highest BCUT2D eigenvalue weighted by Crippen LogP contribution is 2.19. The maximum atomic E-state index is 12.2. The fourth-order valence-electron chi connectivity index (χ4n) is 2.12. The van der Waals surface area contributed by atoms with Crippen LogP contribution in [0.3, 0.4) is 0 Å². The lowest BCUT2D eigenvalue weighted by atomic mass is 9.88. The number of rotatable bonds is 5. The zero-order valence-electron chi connectivity index (χ0n) is 12.9. The summed E-state index contributed by atoms with van der Waals surface area (Å²) in [7, 11) is 1.85. The molecule has 2 aromatic rings. The number of fused-ring (bicyclic) bond motifs is 1. The lowest BCUT2D eigenvalue weighted by Gasteiger charge is -2.29. The quantitative estimate of drug-likeness (QED) is 0.874. The zero-order valence-corrected chi connectivity index (χ0v) is 12.9. The SMILES string of the molecule is CCC(C)C(C)(O)CNC(=O)c1cnc2c(c1)ncn2C. The third kappa shape index (κ3) is 3.21. The molecule has 0 radical (unpaired) electrons. The second kappa shape index (κ2) is 5.81. The molecule has 0 aliphatic rings. The average Bonchev–Trinajstić information content (AvgIpc) is 2.84. The van der Waals surface area contributed by atoms with E-state index < -0.39 is 5.60 Å². The highest BCUT2D eigenvalue weighted by molar-refractivity contribution is 5.96. The van der Waals surface area contributed by atoms with Gasteiger partial charge in [0.2, 0.25) is 0 Å². The fraction of sp³-hybridized carbons (Fsp3) is 0.533. The minimum atomic E-state index is -0.924. The minimum Gasteiger partial charge on any atom is -0.388 e. The van der Waals surface area contributed by atoms with E-state index in [1.165, 1.54) is 6.20 Å². The van der Waals surface area contributed by atoms with Gasteiger partial charge in [-0.15, -0.1) is 0 Å². The topological polar surface area (TPSA) is 80.0 Å². The average molecular weight is 290 g/mol. The molecule has 2 atom stereocenters. The van der Waals surface area contributed by atoms with Crippen LogP contribution in [-0.2, 0) is 7.05 Å². The predicted octanol–water partition coefficient (Wildman–Crippen LogP) is 1.50. The lowest BCUT2D eigenvalue weighted by molar-refractivity contribution is 0.00592. The molecule has 2 heterocycles. The summed E-state index contributed by atoms with van der Waals surface area (Å²) in [5.74, 6) is -0.146. The van der Waals surface area contributed by atoms with Gasteiger partial charge in [-0.1, -0.05) is 20.3 Å². The van der Waals surface area contributed by atoms with E-state index >= 15 is 0 Å². The molecule has 0 bridgehead atoms. The van der Waals surface area contributed by atoms with Gasteiger partial charge in [0.05, 0.1) is 17.5 Å². The van der Waals surface area contributed by atoms with E-state index in [1.54, 1.807) is 23.9 Å². The summed E-state index contributed by atoms with van der Waals surface area (Å²) in [5, 5.41) is 13.1. The number of carbonyl (C=O) groups is 1. The summed E-state index contributed by atoms with van der Waals surface area (Å²) >= 11 is 0. The Labute approximate surface area is 124 Å². The number of pyridine rings is 1. The Bertz CT molecular complexity index is 648. The highest BCUT2D eigenvalue weighted by atomic mass is 16.3. The van der Waals surface area contributed by atoms with Crippen LogP contribution in [0.1, 0.15) is 37.6 Å². The van der Waals surface area contributed by atoms with Crippen LogP contribution in [0.15, 0.2) is 18.6 Å². The van der Waals surface area contributed by atoms with Crippen LogP contribution in [0, 0.1) is 5.92 Å². The predicted molar refractivity (Wildman–Crippen MR) is 80.9 cm³/mol. The molecule has 2 N–H and O–H groups in total. The van der Waals surface area contributed by atoms with Crippen molar-refractivity contribution in [2.24, 2.45) is 13.0 Å². The second-order valence-corrected chi connectivity index (χ2v) is 5.77. The first-order valence-corrected chi connectivity index (χ1v) is 7.12. The standard InChI is InChI=1S/C15H22N4O2/c1-5-10(2)15(3,21)8-17-14(20)11-6-12-13(16-7-11)19(4)9-18-12/h6-7,9-10,21H,5,8H2,1-4H3,(H,17,20). The Kier molecular flexibility index (Phi) is 4.27. The van der Waals surface area contributed by atoms with E-state index in [2.05, 4.69) is 15.3 Å². The van der Waals surface area contributed by atoms with Crippen molar-refractivity contribution in [2.75, 3.05) is 6.54 Å². The molecule has 0 fully saturated rings. The number of aromatic nitrogens is 3. The number of amides is 1. The van der Waals surface area contributed by atoms with Gasteiger partial charge in [-0.3, -0.25) is 4.79 Å². The van der Waals surface area contributed by atoms with Crippen molar-refractivity contribution < 1.29 is 9.90 Å². The van der Waals surface area contributed by atoms with E-state index in [-0.39, 0.29) is 18.4 Å². The van der Waals surface area contributed by atoms with Crippen LogP contribution in [0.2, 0.25) is 0 Å². The van der Waals surface area contributed by atoms with Crippen molar-refractivity contribution in [2.45, 2.75) is 32.8 Å². The molecule has 6 heteroatoms. The van der Waals surface area contributed by atoms with Crippen molar-refractivity contribution in [3.05, 3.63) is 24.2 Å². The van der Waals surface area contributed by atoms with E-state index in [1.807, 2.05) is 20.9 Å². The molecule has 2 rings (SSSR count). The number of aryl methyl sites for hydroxylation is 1. The van der Waals surface area contributed by atoms with Crippen LogP contribution in [0.4, 0.5) is 0 Å². The van der Waals surface area contributed by atoms with Gasteiger partial charge in [-0.2, -0.15) is 0 Å². The second-order valence-electron chi connectivity index (χ2n) is 5.77. The third-order valence-electron chi connectivity index (χ3n) is 4.09. The molecule has 0 saturated carbocycles. The molecular weight excluding hydrogens is 268 g/mol. The van der Waals surface area contributed by atoms with Gasteiger partial charge in [0, 0.05) is 19.8 Å². The third-order valence-corrected chi connectivity index (χ3v) is 4.09. The molecule has 0 saturated heterocycles. The number of nitrogens with zero attached hydrogens (tertiary/aromatic N) is 3. The molecule has 0 aliphatic heterocycles. The van der Waals surface area contributed by atoms with E-state index in [9.17, 15) is 9.90 Å². The molecular formula is C15H22N4O2. The molecule has 6 nitrogen and oxygen atoms in total. The molecule has 0 spiro atoms. The number of imidazole rings is 1. The fourth-order valence-corrected chi connectivity index (χ4v) is 2.12. The van der Waals surface area contributed by atoms with Gasteiger partial charge in [0.15, 0.2) is 5.65 Å².